The molecular formula is C21H31Cl2MnN5. The number of nitrogens with zero attached hydrogens (tertiary/aromatic N) is 3. The van der Waals surface area contributed by atoms with E-state index in [2.05, 4.69) is 16.7 Å². The van der Waals surface area contributed by atoms with E-state index in [4.69, 9.17) is 35.2 Å². The fourth-order valence-corrected chi connectivity index (χ4v) is 4.53. The van der Waals surface area contributed by atoms with Crippen LogP contribution in [0.1, 0.15) is 62.8 Å². The van der Waals surface area contributed by atoms with Gasteiger partial charge in [-0.05, 0) is 37.8 Å². The van der Waals surface area contributed by atoms with Crippen molar-refractivity contribution >= 4 is 32.6 Å². The standard InChI is InChI=1S/C21H31N5.2ClH.Mn/c1-3-10-20-18(8-1)22-12-13-23-19-9-2-4-11-21(19)25-15-17-7-5-6-16(26-17)14-24-20;;;/h5-7,14-15,18-23H,1-4,8-13H2;2*1H;/q;;;+2/p-2/t18?,19?,20-,21-;;;/m1.../s1. The van der Waals surface area contributed by atoms with E-state index in [1.54, 1.807) is 0 Å². The molecule has 4 atom stereocenters. The number of fused-ring (bicyclic) bond motifs is 4. The molecule has 0 spiro atoms. The van der Waals surface area contributed by atoms with Gasteiger partial charge in [0.15, 0.2) is 0 Å². The van der Waals surface area contributed by atoms with Crippen LogP contribution in [0.3, 0.4) is 0 Å². The Labute approximate surface area is 189 Å². The predicted octanol–water partition coefficient (Wildman–Crippen LogP) is 4.11. The zero-order valence-electron chi connectivity index (χ0n) is 16.7. The second kappa shape index (κ2) is 13.0. The summed E-state index contributed by atoms with van der Waals surface area (Å²) in [6, 6.07) is 7.86. The Morgan fingerprint density at radius 2 is 1.21 bits per heavy atom. The van der Waals surface area contributed by atoms with Crippen molar-refractivity contribution < 1.29 is 13.1 Å². The van der Waals surface area contributed by atoms with Crippen LogP contribution in [0.2, 0.25) is 0 Å². The first kappa shape index (κ1) is 23.2. The molecule has 29 heavy (non-hydrogen) atoms. The van der Waals surface area contributed by atoms with Gasteiger partial charge in [-0.1, -0.05) is 31.7 Å². The molecular weight excluding hydrogens is 448 g/mol. The summed E-state index contributed by atoms with van der Waals surface area (Å²) in [6.07, 6.45) is 13.9. The molecule has 0 saturated heterocycles. The number of halogens is 2. The fraction of sp³-hybridized carbons (Fsp3) is 0.667. The van der Waals surface area contributed by atoms with Crippen molar-refractivity contribution in [2.45, 2.75) is 75.5 Å². The van der Waals surface area contributed by atoms with Crippen LogP contribution >= 0.6 is 20.2 Å². The van der Waals surface area contributed by atoms with Gasteiger partial charge < -0.3 is 10.6 Å². The number of nitrogens with one attached hydrogen (secondary N) is 2. The van der Waals surface area contributed by atoms with E-state index in [0.29, 0.717) is 24.2 Å². The molecule has 2 bridgehead atoms. The van der Waals surface area contributed by atoms with Crippen molar-refractivity contribution in [3.63, 3.8) is 0 Å². The van der Waals surface area contributed by atoms with E-state index in [9.17, 15) is 0 Å². The molecule has 2 heterocycles. The van der Waals surface area contributed by atoms with E-state index in [1.165, 1.54) is 51.4 Å². The minimum absolute atomic E-state index is 0.00694. The van der Waals surface area contributed by atoms with Gasteiger partial charge in [0.05, 0.1) is 23.5 Å². The van der Waals surface area contributed by atoms with Gasteiger partial charge in [-0.15, -0.1) is 0 Å². The second-order valence-corrected chi connectivity index (χ2v) is 9.87. The zero-order chi connectivity index (χ0) is 20.3. The van der Waals surface area contributed by atoms with Crippen LogP contribution in [0, 0.1) is 0 Å². The molecule has 2 saturated carbocycles. The number of hydrogen-bond acceptors (Lipinski definition) is 5. The third-order valence-electron chi connectivity index (χ3n) is 5.99. The summed E-state index contributed by atoms with van der Waals surface area (Å²) in [6.45, 7) is 2.02. The summed E-state index contributed by atoms with van der Waals surface area (Å²) in [5.74, 6) is 0. The van der Waals surface area contributed by atoms with Gasteiger partial charge in [0.1, 0.15) is 0 Å². The summed E-state index contributed by atoms with van der Waals surface area (Å²) in [7, 11) is 9.59. The van der Waals surface area contributed by atoms with Crippen molar-refractivity contribution in [2.24, 2.45) is 9.98 Å². The van der Waals surface area contributed by atoms with Crippen LogP contribution < -0.4 is 10.6 Å². The molecule has 2 unspecified atom stereocenters. The summed E-state index contributed by atoms with van der Waals surface area (Å²) >= 11 is 0.00694. The first-order chi connectivity index (χ1) is 14.3. The normalized spacial score (nSPS) is 30.0. The van der Waals surface area contributed by atoms with Gasteiger partial charge in [-0.3, -0.25) is 9.98 Å². The topological polar surface area (TPSA) is 61.7 Å². The number of aromatic nitrogens is 1. The Hall–Kier alpha value is -0.491. The number of rotatable bonds is 0. The van der Waals surface area contributed by atoms with Crippen molar-refractivity contribution in [3.8, 4) is 0 Å². The number of aliphatic imine (C=N–C) groups is 2. The van der Waals surface area contributed by atoms with E-state index in [0.717, 1.165) is 24.5 Å². The summed E-state index contributed by atoms with van der Waals surface area (Å²) in [5, 5.41) is 7.52. The second-order valence-electron chi connectivity index (χ2n) is 7.92. The summed E-state index contributed by atoms with van der Waals surface area (Å²) in [5.41, 5.74) is 1.87. The average molecular weight is 479 g/mol. The van der Waals surface area contributed by atoms with Crippen LogP contribution in [-0.4, -0.2) is 54.7 Å². The molecule has 1 aromatic heterocycles. The molecule has 0 aromatic carbocycles. The Balaban J connectivity index is 0.000000755. The average Bonchev–Trinajstić information content (AvgIpc) is 2.76. The Bertz CT molecular complexity index is 621. The van der Waals surface area contributed by atoms with E-state index < -0.39 is 0 Å². The van der Waals surface area contributed by atoms with E-state index in [1.807, 2.05) is 24.6 Å². The van der Waals surface area contributed by atoms with Gasteiger partial charge in [-0.2, -0.15) is 0 Å². The van der Waals surface area contributed by atoms with Crippen LogP contribution in [-0.2, 0) is 13.1 Å². The first-order valence-corrected chi connectivity index (χ1v) is 13.9. The molecule has 2 aliphatic carbocycles. The molecule has 2 N–H and O–H groups in total. The van der Waals surface area contributed by atoms with Gasteiger partial charge in [0.25, 0.3) is 0 Å². The molecule has 0 amide bonds. The van der Waals surface area contributed by atoms with Crippen LogP contribution in [0.5, 0.6) is 0 Å². The zero-order valence-corrected chi connectivity index (χ0v) is 19.4. The molecule has 1 aliphatic heterocycles. The molecule has 161 valence electrons. The monoisotopic (exact) mass is 478 g/mol. The summed E-state index contributed by atoms with van der Waals surface area (Å²) < 4.78 is 0. The maximum absolute atomic E-state index is 4.89. The van der Waals surface area contributed by atoms with Crippen molar-refractivity contribution in [2.75, 3.05) is 13.1 Å². The molecule has 1 aromatic rings. The van der Waals surface area contributed by atoms with Crippen LogP contribution in [0.15, 0.2) is 28.2 Å². The fourth-order valence-electron chi connectivity index (χ4n) is 4.53. The molecule has 8 heteroatoms. The predicted molar refractivity (Wildman–Crippen MR) is 119 cm³/mol. The first-order valence-electron chi connectivity index (χ1n) is 10.7. The number of hydrogen-bond donors (Lipinski definition) is 2. The van der Waals surface area contributed by atoms with Gasteiger partial charge in [-0.25, -0.2) is 4.98 Å². The van der Waals surface area contributed by atoms with Crippen LogP contribution in [0.4, 0.5) is 0 Å². The molecule has 0 radical (unpaired) electrons. The van der Waals surface area contributed by atoms with Crippen molar-refractivity contribution in [1.29, 1.82) is 0 Å². The SMILES string of the molecule is C1=N[C@@H]2CCCCC2NCCNC2CCCC[C@H]2N=Cc2cccc1n2.[Cl][Mn][Cl]. The minimum atomic E-state index is 0.00694. The Morgan fingerprint density at radius 1 is 0.759 bits per heavy atom. The van der Waals surface area contributed by atoms with Crippen molar-refractivity contribution in [1.82, 2.24) is 15.6 Å². The Morgan fingerprint density at radius 3 is 1.69 bits per heavy atom. The van der Waals surface area contributed by atoms with Gasteiger partial charge in [0, 0.05) is 37.6 Å². The number of pyridine rings is 1. The third-order valence-corrected chi connectivity index (χ3v) is 5.99. The summed E-state index contributed by atoms with van der Waals surface area (Å²) in [4.78, 5) is 14.5. The molecule has 5 nitrogen and oxygen atoms in total. The van der Waals surface area contributed by atoms with Gasteiger partial charge in [0.2, 0.25) is 0 Å². The third kappa shape index (κ3) is 7.61. The Kier molecular flexibility index (Phi) is 10.4. The van der Waals surface area contributed by atoms with E-state index >= 15 is 0 Å². The van der Waals surface area contributed by atoms with Gasteiger partial charge >= 0.3 is 33.3 Å². The molecule has 2 fully saturated rings. The van der Waals surface area contributed by atoms with Crippen molar-refractivity contribution in [3.05, 3.63) is 29.6 Å². The molecule has 4 rings (SSSR count). The molecule has 3 aliphatic rings. The maximum atomic E-state index is 4.89. The van der Waals surface area contributed by atoms with Crippen LogP contribution in [0.25, 0.3) is 0 Å². The van der Waals surface area contributed by atoms with E-state index in [-0.39, 0.29) is 13.1 Å². The quantitative estimate of drug-likeness (QED) is 0.551.